The van der Waals surface area contributed by atoms with E-state index in [0.29, 0.717) is 29.9 Å². The van der Waals surface area contributed by atoms with Gasteiger partial charge in [-0.1, -0.05) is 24.3 Å². The molecule has 0 N–H and O–H groups in total. The van der Waals surface area contributed by atoms with Crippen LogP contribution in [-0.2, 0) is 12.6 Å². The minimum atomic E-state index is -4.48. The number of ketones is 1. The Labute approximate surface area is 229 Å². The highest BCUT2D eigenvalue weighted by molar-refractivity contribution is 5.98. The fourth-order valence-corrected chi connectivity index (χ4v) is 5.16. The summed E-state index contributed by atoms with van der Waals surface area (Å²) < 4.78 is 39.9. The maximum Gasteiger partial charge on any atom is 0.417 e. The molecule has 0 unspecified atom stereocenters. The van der Waals surface area contributed by atoms with Crippen molar-refractivity contribution in [3.63, 3.8) is 0 Å². The molecule has 1 amide bonds. The van der Waals surface area contributed by atoms with Gasteiger partial charge in [-0.2, -0.15) is 18.3 Å². The molecule has 206 valence electrons. The van der Waals surface area contributed by atoms with Gasteiger partial charge < -0.3 is 4.90 Å². The Morgan fingerprint density at radius 3 is 2.30 bits per heavy atom. The number of pyridine rings is 2. The Kier molecular flexibility index (Phi) is 7.51. The van der Waals surface area contributed by atoms with E-state index in [2.05, 4.69) is 10.1 Å². The fourth-order valence-electron chi connectivity index (χ4n) is 5.16. The summed E-state index contributed by atoms with van der Waals surface area (Å²) in [6.45, 7) is 4.99. The Morgan fingerprint density at radius 2 is 1.68 bits per heavy atom. The average Bonchev–Trinajstić information content (AvgIpc) is 3.34. The van der Waals surface area contributed by atoms with Gasteiger partial charge in [0.05, 0.1) is 23.0 Å². The van der Waals surface area contributed by atoms with E-state index in [0.717, 1.165) is 41.9 Å². The maximum atomic E-state index is 13.1. The molecule has 5 rings (SSSR count). The molecule has 0 atom stereocenters. The van der Waals surface area contributed by atoms with Crippen molar-refractivity contribution in [3.05, 3.63) is 106 Å². The number of alkyl halides is 3. The number of hydrogen-bond donors (Lipinski definition) is 0. The number of amides is 1. The average molecular weight is 548 g/mol. The Hall–Kier alpha value is -4.34. The first-order chi connectivity index (χ1) is 19.1. The topological polar surface area (TPSA) is 81.0 Å². The molecule has 1 aromatic carbocycles. The van der Waals surface area contributed by atoms with Gasteiger partial charge in [0, 0.05) is 49.1 Å². The van der Waals surface area contributed by atoms with Crippen molar-refractivity contribution in [2.45, 2.75) is 45.2 Å². The molecule has 1 fully saturated rings. The molecule has 1 aliphatic heterocycles. The van der Waals surface area contributed by atoms with Crippen molar-refractivity contribution in [3.8, 4) is 5.82 Å². The monoisotopic (exact) mass is 547 g/mol. The minimum Gasteiger partial charge on any atom is -0.339 e. The Bertz CT molecular complexity index is 1520. The second kappa shape index (κ2) is 11.0. The number of nitrogens with zero attached hydrogens (tertiary/aromatic N) is 5. The van der Waals surface area contributed by atoms with Crippen LogP contribution in [0.4, 0.5) is 13.2 Å². The molecule has 0 radical (unpaired) electrons. The van der Waals surface area contributed by atoms with Gasteiger partial charge in [0.2, 0.25) is 0 Å². The molecule has 0 saturated carbocycles. The van der Waals surface area contributed by atoms with E-state index >= 15 is 0 Å². The lowest BCUT2D eigenvalue weighted by molar-refractivity contribution is -0.137. The summed E-state index contributed by atoms with van der Waals surface area (Å²) in [6, 6.07) is 13.4. The summed E-state index contributed by atoms with van der Waals surface area (Å²) in [4.78, 5) is 36.3. The van der Waals surface area contributed by atoms with Gasteiger partial charge in [-0.3, -0.25) is 14.6 Å². The molecule has 4 heterocycles. The highest BCUT2D eigenvalue weighted by Crippen LogP contribution is 2.31. The summed E-state index contributed by atoms with van der Waals surface area (Å²) in [5.74, 6) is 0.312. The number of aryl methyl sites for hydroxylation is 1. The van der Waals surface area contributed by atoms with Crippen molar-refractivity contribution in [1.29, 1.82) is 0 Å². The van der Waals surface area contributed by atoms with Crippen LogP contribution in [-0.4, -0.2) is 49.4 Å². The van der Waals surface area contributed by atoms with Gasteiger partial charge in [0.15, 0.2) is 11.6 Å². The number of benzene rings is 1. The molecular formula is C30H28F3N5O2. The molecule has 10 heteroatoms. The number of likely N-dealkylation sites (tertiary alicyclic amines) is 1. The fraction of sp³-hybridized carbons (Fsp3) is 0.300. The number of rotatable bonds is 6. The van der Waals surface area contributed by atoms with Crippen LogP contribution in [0.15, 0.2) is 67.1 Å². The summed E-state index contributed by atoms with van der Waals surface area (Å²) in [5, 5.41) is 4.18. The highest BCUT2D eigenvalue weighted by Gasteiger charge is 2.31. The Balaban J connectivity index is 1.22. The Morgan fingerprint density at radius 1 is 0.950 bits per heavy atom. The van der Waals surface area contributed by atoms with Gasteiger partial charge >= 0.3 is 6.18 Å². The van der Waals surface area contributed by atoms with Gasteiger partial charge in [-0.15, -0.1) is 0 Å². The zero-order valence-electron chi connectivity index (χ0n) is 22.2. The van der Waals surface area contributed by atoms with Gasteiger partial charge in [0.1, 0.15) is 0 Å². The predicted molar refractivity (Wildman–Crippen MR) is 142 cm³/mol. The molecule has 1 saturated heterocycles. The predicted octanol–water partition coefficient (Wildman–Crippen LogP) is 5.74. The van der Waals surface area contributed by atoms with E-state index in [1.165, 1.54) is 16.9 Å². The van der Waals surface area contributed by atoms with Crippen LogP contribution < -0.4 is 0 Å². The van der Waals surface area contributed by atoms with Crippen LogP contribution in [0.25, 0.3) is 5.82 Å². The van der Waals surface area contributed by atoms with Gasteiger partial charge in [-0.05, 0) is 62.1 Å². The summed E-state index contributed by atoms with van der Waals surface area (Å²) in [6.07, 6.45) is 1.16. The zero-order valence-corrected chi connectivity index (χ0v) is 22.2. The smallest absolute Gasteiger partial charge is 0.339 e. The van der Waals surface area contributed by atoms with Crippen LogP contribution in [0, 0.1) is 13.8 Å². The first-order valence-electron chi connectivity index (χ1n) is 13.0. The molecule has 1 aliphatic rings. The molecule has 0 aliphatic carbocycles. The van der Waals surface area contributed by atoms with Crippen molar-refractivity contribution in [2.24, 2.45) is 0 Å². The summed E-state index contributed by atoms with van der Waals surface area (Å²) >= 11 is 0. The number of Topliss-reactive ketones (excluding diaryl/α,β-unsaturated/α-hetero) is 1. The first-order valence-corrected chi connectivity index (χ1v) is 13.0. The van der Waals surface area contributed by atoms with E-state index < -0.39 is 11.7 Å². The van der Waals surface area contributed by atoms with Crippen molar-refractivity contribution >= 4 is 11.7 Å². The highest BCUT2D eigenvalue weighted by atomic mass is 19.4. The minimum absolute atomic E-state index is 0.0466. The van der Waals surface area contributed by atoms with E-state index in [-0.39, 0.29) is 29.8 Å². The number of piperidine rings is 1. The van der Waals surface area contributed by atoms with Gasteiger partial charge in [0.25, 0.3) is 5.91 Å². The number of carbonyl (C=O) groups is 2. The lowest BCUT2D eigenvalue weighted by Gasteiger charge is -2.32. The van der Waals surface area contributed by atoms with Crippen LogP contribution in [0.1, 0.15) is 67.6 Å². The summed E-state index contributed by atoms with van der Waals surface area (Å²) in [5.41, 5.74) is 3.47. The molecule has 40 heavy (non-hydrogen) atoms. The van der Waals surface area contributed by atoms with E-state index in [4.69, 9.17) is 4.98 Å². The number of halogens is 3. The number of aromatic nitrogens is 4. The van der Waals surface area contributed by atoms with Gasteiger partial charge in [-0.25, -0.2) is 9.67 Å². The number of hydrogen-bond acceptors (Lipinski definition) is 5. The summed E-state index contributed by atoms with van der Waals surface area (Å²) in [7, 11) is 0. The van der Waals surface area contributed by atoms with Crippen LogP contribution in [0.5, 0.6) is 0 Å². The van der Waals surface area contributed by atoms with Crippen LogP contribution >= 0.6 is 0 Å². The number of carbonyl (C=O) groups excluding carboxylic acids is 2. The third-order valence-corrected chi connectivity index (χ3v) is 7.33. The SMILES string of the molecule is Cc1cc(CC(=O)c2cnn(-c3ccc(C(F)(F)F)cn3)c2C)cnc1C1CCN(C(=O)c2ccccc2)CC1. The third kappa shape index (κ3) is 5.66. The largest absolute Gasteiger partial charge is 0.417 e. The van der Waals surface area contributed by atoms with Crippen LogP contribution in [0.2, 0.25) is 0 Å². The normalized spacial score (nSPS) is 14.4. The molecule has 0 bridgehead atoms. The first kappa shape index (κ1) is 27.2. The quantitative estimate of drug-likeness (QED) is 0.288. The lowest BCUT2D eigenvalue weighted by Crippen LogP contribution is -2.38. The second-order valence-electron chi connectivity index (χ2n) is 10.0. The van der Waals surface area contributed by atoms with Crippen molar-refractivity contribution in [2.75, 3.05) is 13.1 Å². The lowest BCUT2D eigenvalue weighted by atomic mass is 9.89. The molecule has 4 aromatic rings. The standard InChI is InChI=1S/C30H28F3N5O2/c1-19-14-21(16-35-28(19)22-10-12-37(13-11-22)29(40)23-6-4-3-5-7-23)15-26(39)25-18-36-38(20(25)2)27-9-8-24(17-34-27)30(31,32)33/h3-9,14,16-18,22H,10-13,15H2,1-2H3. The van der Waals surface area contributed by atoms with E-state index in [1.54, 1.807) is 13.1 Å². The molecule has 7 nitrogen and oxygen atoms in total. The molecule has 3 aromatic heterocycles. The molecule has 0 spiro atoms. The van der Waals surface area contributed by atoms with Crippen LogP contribution in [0.3, 0.4) is 0 Å². The zero-order chi connectivity index (χ0) is 28.4. The maximum absolute atomic E-state index is 13.1. The second-order valence-corrected chi connectivity index (χ2v) is 10.0. The molecular weight excluding hydrogens is 519 g/mol. The van der Waals surface area contributed by atoms with E-state index in [9.17, 15) is 22.8 Å². The van der Waals surface area contributed by atoms with Crippen molar-refractivity contribution in [1.82, 2.24) is 24.6 Å². The van der Waals surface area contributed by atoms with E-state index in [1.807, 2.05) is 48.2 Å². The third-order valence-electron chi connectivity index (χ3n) is 7.33. The van der Waals surface area contributed by atoms with Crippen molar-refractivity contribution < 1.29 is 22.8 Å².